The van der Waals surface area contributed by atoms with Crippen LogP contribution in [-0.4, -0.2) is 18.0 Å². The molecule has 3 atom stereocenters. The van der Waals surface area contributed by atoms with Gasteiger partial charge < -0.3 is 11.1 Å². The standard InChI is InChI=1S/C14H24N2O/c15-9-14(4-1-5-14)16-13(17)8-12-7-10-2-3-11(12)6-10/h10-12H,1-9,15H2,(H,16,17). The fourth-order valence-corrected chi connectivity index (χ4v) is 4.20. The summed E-state index contributed by atoms with van der Waals surface area (Å²) in [7, 11) is 0. The Balaban J connectivity index is 1.50. The maximum Gasteiger partial charge on any atom is 0.220 e. The number of hydrogen-bond acceptors (Lipinski definition) is 2. The van der Waals surface area contributed by atoms with Crippen molar-refractivity contribution in [3.05, 3.63) is 0 Å². The summed E-state index contributed by atoms with van der Waals surface area (Å²) in [5, 5.41) is 3.20. The third-order valence-electron chi connectivity index (χ3n) is 5.44. The molecule has 0 aromatic heterocycles. The van der Waals surface area contributed by atoms with Crippen LogP contribution in [0.2, 0.25) is 0 Å². The van der Waals surface area contributed by atoms with Gasteiger partial charge in [0, 0.05) is 13.0 Å². The zero-order valence-corrected chi connectivity index (χ0v) is 10.6. The van der Waals surface area contributed by atoms with Gasteiger partial charge in [-0.1, -0.05) is 6.42 Å². The first-order chi connectivity index (χ1) is 8.21. The second kappa shape index (κ2) is 4.27. The molecule has 17 heavy (non-hydrogen) atoms. The van der Waals surface area contributed by atoms with Crippen molar-refractivity contribution in [3.63, 3.8) is 0 Å². The van der Waals surface area contributed by atoms with E-state index < -0.39 is 0 Å². The summed E-state index contributed by atoms with van der Waals surface area (Å²) in [4.78, 5) is 12.1. The van der Waals surface area contributed by atoms with E-state index in [1.807, 2.05) is 0 Å². The van der Waals surface area contributed by atoms with Gasteiger partial charge in [0.25, 0.3) is 0 Å². The van der Waals surface area contributed by atoms with Gasteiger partial charge in [-0.05, 0) is 56.3 Å². The summed E-state index contributed by atoms with van der Waals surface area (Å²) < 4.78 is 0. The number of carbonyl (C=O) groups excluding carboxylic acids is 1. The molecule has 96 valence electrons. The molecule has 3 heteroatoms. The van der Waals surface area contributed by atoms with Crippen molar-refractivity contribution in [2.45, 2.75) is 56.9 Å². The van der Waals surface area contributed by atoms with Gasteiger partial charge in [-0.25, -0.2) is 0 Å². The Labute approximate surface area is 104 Å². The quantitative estimate of drug-likeness (QED) is 0.782. The van der Waals surface area contributed by atoms with E-state index in [-0.39, 0.29) is 11.4 Å². The lowest BCUT2D eigenvalue weighted by Gasteiger charge is -2.42. The topological polar surface area (TPSA) is 55.1 Å². The summed E-state index contributed by atoms with van der Waals surface area (Å²) >= 11 is 0. The Morgan fingerprint density at radius 2 is 2.12 bits per heavy atom. The fraction of sp³-hybridized carbons (Fsp3) is 0.929. The van der Waals surface area contributed by atoms with Crippen LogP contribution in [0, 0.1) is 17.8 Å². The molecule has 0 radical (unpaired) electrons. The van der Waals surface area contributed by atoms with Gasteiger partial charge in [0.15, 0.2) is 0 Å². The van der Waals surface area contributed by atoms with Crippen molar-refractivity contribution in [1.82, 2.24) is 5.32 Å². The molecule has 3 rings (SSSR count). The normalized spacial score (nSPS) is 37.8. The van der Waals surface area contributed by atoms with Crippen LogP contribution in [0.5, 0.6) is 0 Å². The molecule has 0 saturated heterocycles. The van der Waals surface area contributed by atoms with E-state index in [1.165, 1.54) is 32.1 Å². The Morgan fingerprint density at radius 1 is 1.29 bits per heavy atom. The van der Waals surface area contributed by atoms with Crippen LogP contribution in [-0.2, 0) is 4.79 Å². The summed E-state index contributed by atoms with van der Waals surface area (Å²) in [5.74, 6) is 2.71. The molecule has 0 aromatic rings. The van der Waals surface area contributed by atoms with E-state index in [4.69, 9.17) is 5.73 Å². The molecule has 0 aliphatic heterocycles. The minimum absolute atomic E-state index is 0.0330. The van der Waals surface area contributed by atoms with Gasteiger partial charge in [0.2, 0.25) is 5.91 Å². The molecule has 0 heterocycles. The molecule has 3 aliphatic carbocycles. The van der Waals surface area contributed by atoms with Crippen LogP contribution in [0.4, 0.5) is 0 Å². The van der Waals surface area contributed by atoms with Crippen LogP contribution in [0.15, 0.2) is 0 Å². The van der Waals surface area contributed by atoms with Crippen LogP contribution in [0.25, 0.3) is 0 Å². The van der Waals surface area contributed by atoms with Gasteiger partial charge in [0.05, 0.1) is 5.54 Å². The fourth-order valence-electron chi connectivity index (χ4n) is 4.20. The average Bonchev–Trinajstić information content (AvgIpc) is 2.85. The van der Waals surface area contributed by atoms with Crippen molar-refractivity contribution in [3.8, 4) is 0 Å². The van der Waals surface area contributed by atoms with E-state index in [1.54, 1.807) is 0 Å². The van der Waals surface area contributed by atoms with E-state index in [2.05, 4.69) is 5.32 Å². The molecule has 3 saturated carbocycles. The second-order valence-electron chi connectivity index (χ2n) is 6.53. The zero-order chi connectivity index (χ0) is 11.9. The first-order valence-electron chi connectivity index (χ1n) is 7.22. The number of carbonyl (C=O) groups is 1. The maximum atomic E-state index is 12.1. The van der Waals surface area contributed by atoms with E-state index >= 15 is 0 Å². The molecule has 3 fully saturated rings. The highest BCUT2D eigenvalue weighted by molar-refractivity contribution is 5.77. The van der Waals surface area contributed by atoms with Crippen LogP contribution >= 0.6 is 0 Å². The van der Waals surface area contributed by atoms with Gasteiger partial charge >= 0.3 is 0 Å². The largest absolute Gasteiger partial charge is 0.349 e. The van der Waals surface area contributed by atoms with E-state index in [0.717, 1.165) is 31.1 Å². The number of amides is 1. The highest BCUT2D eigenvalue weighted by Gasteiger charge is 2.42. The smallest absolute Gasteiger partial charge is 0.220 e. The zero-order valence-electron chi connectivity index (χ0n) is 10.6. The molecular weight excluding hydrogens is 212 g/mol. The lowest BCUT2D eigenvalue weighted by atomic mass is 9.76. The van der Waals surface area contributed by atoms with E-state index in [0.29, 0.717) is 12.5 Å². The summed E-state index contributed by atoms with van der Waals surface area (Å²) in [5.41, 5.74) is 5.74. The Hall–Kier alpha value is -0.570. The predicted molar refractivity (Wildman–Crippen MR) is 67.3 cm³/mol. The van der Waals surface area contributed by atoms with Gasteiger partial charge in [0.1, 0.15) is 0 Å². The third kappa shape index (κ3) is 2.10. The molecule has 0 spiro atoms. The predicted octanol–water partition coefficient (Wildman–Crippen LogP) is 1.81. The summed E-state index contributed by atoms with van der Waals surface area (Å²) in [6, 6.07) is 0. The van der Waals surface area contributed by atoms with Crippen molar-refractivity contribution < 1.29 is 4.79 Å². The number of nitrogens with one attached hydrogen (secondary N) is 1. The summed E-state index contributed by atoms with van der Waals surface area (Å²) in [6.07, 6.45) is 9.58. The molecule has 2 bridgehead atoms. The van der Waals surface area contributed by atoms with Gasteiger partial charge in [-0.2, -0.15) is 0 Å². The van der Waals surface area contributed by atoms with Gasteiger partial charge in [-0.15, -0.1) is 0 Å². The van der Waals surface area contributed by atoms with Crippen molar-refractivity contribution in [1.29, 1.82) is 0 Å². The third-order valence-corrected chi connectivity index (χ3v) is 5.44. The van der Waals surface area contributed by atoms with Crippen LogP contribution < -0.4 is 11.1 Å². The average molecular weight is 236 g/mol. The van der Waals surface area contributed by atoms with Gasteiger partial charge in [-0.3, -0.25) is 4.79 Å². The lowest BCUT2D eigenvalue weighted by Crippen LogP contribution is -2.58. The van der Waals surface area contributed by atoms with Crippen molar-refractivity contribution >= 4 is 5.91 Å². The first kappa shape index (κ1) is 11.5. The number of rotatable bonds is 4. The molecule has 3 N–H and O–H groups in total. The monoisotopic (exact) mass is 236 g/mol. The SMILES string of the molecule is NCC1(NC(=O)CC2CC3CCC2C3)CCC1. The molecule has 3 unspecified atom stereocenters. The van der Waals surface area contributed by atoms with Crippen LogP contribution in [0.1, 0.15) is 51.4 Å². The van der Waals surface area contributed by atoms with E-state index in [9.17, 15) is 4.79 Å². The molecular formula is C14H24N2O. The molecule has 3 aliphatic rings. The number of hydrogen-bond donors (Lipinski definition) is 2. The lowest BCUT2D eigenvalue weighted by molar-refractivity contribution is -0.125. The second-order valence-corrected chi connectivity index (χ2v) is 6.53. The van der Waals surface area contributed by atoms with Crippen molar-refractivity contribution in [2.24, 2.45) is 23.5 Å². The Kier molecular flexibility index (Phi) is 2.89. The molecule has 1 amide bonds. The maximum absolute atomic E-state index is 12.1. The van der Waals surface area contributed by atoms with Crippen molar-refractivity contribution in [2.75, 3.05) is 6.54 Å². The summed E-state index contributed by atoms with van der Waals surface area (Å²) in [6.45, 7) is 0.607. The minimum atomic E-state index is -0.0330. The number of nitrogens with two attached hydrogens (primary N) is 1. The number of fused-ring (bicyclic) bond motifs is 2. The first-order valence-corrected chi connectivity index (χ1v) is 7.22. The highest BCUT2D eigenvalue weighted by atomic mass is 16.1. The Morgan fingerprint density at radius 3 is 2.59 bits per heavy atom. The molecule has 0 aromatic carbocycles. The van der Waals surface area contributed by atoms with Crippen LogP contribution in [0.3, 0.4) is 0 Å². The minimum Gasteiger partial charge on any atom is -0.349 e. The molecule has 3 nitrogen and oxygen atoms in total. The Bertz CT molecular complexity index is 306. The highest BCUT2D eigenvalue weighted by Crippen LogP contribution is 2.49.